The molecule has 3 heterocycles. The minimum Gasteiger partial charge on any atom is -0.353 e. The first-order valence-corrected chi connectivity index (χ1v) is 8.09. The highest BCUT2D eigenvalue weighted by Gasteiger charge is 2.17. The number of pyridine rings is 1. The standard InChI is InChI=1S/C21H13N3/c1-3-9-15-12(6-1)17-14-8-5-11-22-19(14)18-13-7-2-4-10-16(13)24-21(18)20(17)23-15/h1-11,23-24H. The summed E-state index contributed by atoms with van der Waals surface area (Å²) < 4.78 is 0. The predicted octanol–water partition coefficient (Wildman–Crippen LogP) is 5.50. The molecule has 0 radical (unpaired) electrons. The molecule has 3 aromatic carbocycles. The zero-order chi connectivity index (χ0) is 15.7. The van der Waals surface area contributed by atoms with Crippen LogP contribution in [0, 0.1) is 0 Å². The zero-order valence-corrected chi connectivity index (χ0v) is 12.8. The molecule has 3 nitrogen and oxygen atoms in total. The predicted molar refractivity (Wildman–Crippen MR) is 100 cm³/mol. The molecule has 0 bridgehead atoms. The lowest BCUT2D eigenvalue weighted by Gasteiger charge is -2.03. The molecule has 0 spiro atoms. The second-order valence-corrected chi connectivity index (χ2v) is 6.24. The maximum atomic E-state index is 4.73. The molecule has 0 aliphatic carbocycles. The van der Waals surface area contributed by atoms with E-state index in [-0.39, 0.29) is 0 Å². The second kappa shape index (κ2) is 4.15. The van der Waals surface area contributed by atoms with Crippen molar-refractivity contribution in [2.24, 2.45) is 0 Å². The van der Waals surface area contributed by atoms with Crippen LogP contribution in [0.5, 0.6) is 0 Å². The van der Waals surface area contributed by atoms with Gasteiger partial charge in [0.15, 0.2) is 0 Å². The smallest absolute Gasteiger partial charge is 0.0809 e. The molecule has 0 unspecified atom stereocenters. The van der Waals surface area contributed by atoms with E-state index in [2.05, 4.69) is 64.6 Å². The van der Waals surface area contributed by atoms with Crippen LogP contribution in [-0.2, 0) is 0 Å². The Morgan fingerprint density at radius 3 is 1.92 bits per heavy atom. The van der Waals surface area contributed by atoms with Crippen LogP contribution >= 0.6 is 0 Å². The molecule has 0 aliphatic rings. The number of aromatic nitrogens is 3. The fourth-order valence-corrected chi connectivity index (χ4v) is 3.99. The van der Waals surface area contributed by atoms with Crippen molar-refractivity contribution in [2.75, 3.05) is 0 Å². The lowest BCUT2D eigenvalue weighted by molar-refractivity contribution is 1.43. The van der Waals surface area contributed by atoms with Crippen LogP contribution in [-0.4, -0.2) is 15.0 Å². The number of benzene rings is 3. The molecule has 0 atom stereocenters. The minimum atomic E-state index is 1.06. The van der Waals surface area contributed by atoms with Crippen molar-refractivity contribution in [3.05, 3.63) is 66.9 Å². The molecule has 6 aromatic rings. The number of aromatic amines is 2. The van der Waals surface area contributed by atoms with Crippen molar-refractivity contribution < 1.29 is 0 Å². The molecule has 112 valence electrons. The van der Waals surface area contributed by atoms with Crippen LogP contribution in [0.3, 0.4) is 0 Å². The third-order valence-electron chi connectivity index (χ3n) is 4.98. The third-order valence-corrected chi connectivity index (χ3v) is 4.98. The first-order valence-electron chi connectivity index (χ1n) is 8.09. The normalized spacial score (nSPS) is 12.2. The fourth-order valence-electron chi connectivity index (χ4n) is 3.99. The van der Waals surface area contributed by atoms with E-state index in [1.807, 2.05) is 12.3 Å². The van der Waals surface area contributed by atoms with E-state index in [1.54, 1.807) is 0 Å². The summed E-state index contributed by atoms with van der Waals surface area (Å²) in [5, 5.41) is 6.10. The van der Waals surface area contributed by atoms with E-state index >= 15 is 0 Å². The SMILES string of the molecule is c1ccc2c(c1)[nH]c1c3[nH]c4ccccc4c3c3ncccc3c21. The maximum Gasteiger partial charge on any atom is 0.0809 e. The van der Waals surface area contributed by atoms with Crippen LogP contribution in [0.25, 0.3) is 54.5 Å². The van der Waals surface area contributed by atoms with Gasteiger partial charge in [-0.15, -0.1) is 0 Å². The van der Waals surface area contributed by atoms with Gasteiger partial charge >= 0.3 is 0 Å². The number of nitrogens with one attached hydrogen (secondary N) is 2. The zero-order valence-electron chi connectivity index (χ0n) is 12.8. The number of para-hydroxylation sites is 2. The number of H-pyrrole nitrogens is 2. The van der Waals surface area contributed by atoms with Gasteiger partial charge in [-0.05, 0) is 18.2 Å². The van der Waals surface area contributed by atoms with Gasteiger partial charge in [0, 0.05) is 44.2 Å². The summed E-state index contributed by atoms with van der Waals surface area (Å²) in [6.07, 6.45) is 1.88. The van der Waals surface area contributed by atoms with Crippen LogP contribution in [0.1, 0.15) is 0 Å². The van der Waals surface area contributed by atoms with Crippen molar-refractivity contribution >= 4 is 54.5 Å². The molecular formula is C21H13N3. The fraction of sp³-hybridized carbons (Fsp3) is 0. The molecule has 0 amide bonds. The Kier molecular flexibility index (Phi) is 2.10. The third kappa shape index (κ3) is 1.35. The van der Waals surface area contributed by atoms with Crippen molar-refractivity contribution in [3.8, 4) is 0 Å². The number of hydrogen-bond donors (Lipinski definition) is 2. The van der Waals surface area contributed by atoms with Crippen molar-refractivity contribution in [1.82, 2.24) is 15.0 Å². The van der Waals surface area contributed by atoms with Crippen molar-refractivity contribution in [2.45, 2.75) is 0 Å². The second-order valence-electron chi connectivity index (χ2n) is 6.24. The highest BCUT2D eigenvalue weighted by molar-refractivity contribution is 6.34. The van der Waals surface area contributed by atoms with Crippen LogP contribution in [0.4, 0.5) is 0 Å². The summed E-state index contributed by atoms with van der Waals surface area (Å²) in [4.78, 5) is 12.0. The first-order chi connectivity index (χ1) is 11.9. The van der Waals surface area contributed by atoms with E-state index in [0.717, 1.165) is 27.6 Å². The first kappa shape index (κ1) is 12.1. The van der Waals surface area contributed by atoms with Crippen LogP contribution in [0.15, 0.2) is 66.9 Å². The summed E-state index contributed by atoms with van der Waals surface area (Å²) in [6, 6.07) is 21.1. The minimum absolute atomic E-state index is 1.06. The van der Waals surface area contributed by atoms with E-state index in [1.165, 1.54) is 26.9 Å². The highest BCUT2D eigenvalue weighted by Crippen LogP contribution is 2.40. The quantitative estimate of drug-likeness (QED) is 0.382. The number of hydrogen-bond acceptors (Lipinski definition) is 1. The van der Waals surface area contributed by atoms with E-state index in [4.69, 9.17) is 4.98 Å². The molecule has 6 rings (SSSR count). The summed E-state index contributed by atoms with van der Waals surface area (Å²) >= 11 is 0. The lowest BCUT2D eigenvalue weighted by Crippen LogP contribution is -1.82. The molecule has 3 heteroatoms. The summed E-state index contributed by atoms with van der Waals surface area (Å²) in [6.45, 7) is 0. The van der Waals surface area contributed by atoms with Gasteiger partial charge in [-0.1, -0.05) is 42.5 Å². The Hall–Kier alpha value is -3.33. The van der Waals surface area contributed by atoms with Gasteiger partial charge in [-0.3, -0.25) is 4.98 Å². The summed E-state index contributed by atoms with van der Waals surface area (Å²) in [5.74, 6) is 0. The molecule has 0 fully saturated rings. The monoisotopic (exact) mass is 307 g/mol. The topological polar surface area (TPSA) is 44.5 Å². The van der Waals surface area contributed by atoms with E-state index in [0.29, 0.717) is 0 Å². The number of nitrogens with zero attached hydrogens (tertiary/aromatic N) is 1. The molecule has 3 aromatic heterocycles. The largest absolute Gasteiger partial charge is 0.353 e. The molecular weight excluding hydrogens is 294 g/mol. The molecule has 0 aliphatic heterocycles. The maximum absolute atomic E-state index is 4.73. The van der Waals surface area contributed by atoms with Gasteiger partial charge in [0.2, 0.25) is 0 Å². The molecule has 24 heavy (non-hydrogen) atoms. The summed E-state index contributed by atoms with van der Waals surface area (Å²) in [7, 11) is 0. The molecule has 0 saturated heterocycles. The average molecular weight is 307 g/mol. The van der Waals surface area contributed by atoms with Gasteiger partial charge in [-0.25, -0.2) is 0 Å². The Bertz CT molecular complexity index is 1290. The summed E-state index contributed by atoms with van der Waals surface area (Å²) in [5.41, 5.74) is 5.65. The molecule has 2 N–H and O–H groups in total. The van der Waals surface area contributed by atoms with Crippen LogP contribution in [0.2, 0.25) is 0 Å². The van der Waals surface area contributed by atoms with Gasteiger partial charge < -0.3 is 9.97 Å². The Balaban J connectivity index is 2.07. The van der Waals surface area contributed by atoms with E-state index < -0.39 is 0 Å². The van der Waals surface area contributed by atoms with Gasteiger partial charge in [0.25, 0.3) is 0 Å². The highest BCUT2D eigenvalue weighted by atomic mass is 14.8. The number of fused-ring (bicyclic) bond motifs is 10. The van der Waals surface area contributed by atoms with Gasteiger partial charge in [0.1, 0.15) is 0 Å². The lowest BCUT2D eigenvalue weighted by atomic mass is 10.0. The van der Waals surface area contributed by atoms with E-state index in [9.17, 15) is 0 Å². The molecule has 0 saturated carbocycles. The van der Waals surface area contributed by atoms with Crippen molar-refractivity contribution in [1.29, 1.82) is 0 Å². The Morgan fingerprint density at radius 1 is 0.583 bits per heavy atom. The Morgan fingerprint density at radius 2 is 1.17 bits per heavy atom. The average Bonchev–Trinajstić information content (AvgIpc) is 3.21. The van der Waals surface area contributed by atoms with Gasteiger partial charge in [0.05, 0.1) is 16.6 Å². The van der Waals surface area contributed by atoms with Crippen LogP contribution < -0.4 is 0 Å². The van der Waals surface area contributed by atoms with Gasteiger partial charge in [-0.2, -0.15) is 0 Å². The Labute approximate surface area is 136 Å². The van der Waals surface area contributed by atoms with Crippen molar-refractivity contribution in [3.63, 3.8) is 0 Å². The number of rotatable bonds is 0.